The number of nitrogens with zero attached hydrogens (tertiary/aromatic N) is 1. The Morgan fingerprint density at radius 2 is 1.69 bits per heavy atom. The second-order valence-electron chi connectivity index (χ2n) is 6.89. The summed E-state index contributed by atoms with van der Waals surface area (Å²) >= 11 is 0. The van der Waals surface area contributed by atoms with Crippen LogP contribution < -0.4 is 14.8 Å². The van der Waals surface area contributed by atoms with Crippen LogP contribution in [-0.2, 0) is 17.9 Å². The van der Waals surface area contributed by atoms with Gasteiger partial charge in [-0.25, -0.2) is 0 Å². The van der Waals surface area contributed by atoms with E-state index in [-0.39, 0.29) is 5.91 Å². The van der Waals surface area contributed by atoms with Crippen LogP contribution in [0.5, 0.6) is 11.5 Å². The molecular weight excluding hydrogens is 364 g/mol. The Morgan fingerprint density at radius 3 is 2.38 bits per heavy atom. The van der Waals surface area contributed by atoms with Crippen LogP contribution in [0.25, 0.3) is 0 Å². The lowest BCUT2D eigenvalue weighted by molar-refractivity contribution is -0.121. The van der Waals surface area contributed by atoms with E-state index in [1.807, 2.05) is 68.4 Å². The van der Waals surface area contributed by atoms with Crippen LogP contribution in [0.1, 0.15) is 28.7 Å². The highest BCUT2D eigenvalue weighted by Crippen LogP contribution is 2.22. The number of hydrogen-bond acceptors (Lipinski definition) is 4. The fourth-order valence-corrected chi connectivity index (χ4v) is 2.92. The third-order valence-corrected chi connectivity index (χ3v) is 4.53. The normalized spacial score (nSPS) is 10.4. The number of nitrogens with one attached hydrogen (secondary N) is 1. The third kappa shape index (κ3) is 6.35. The van der Waals surface area contributed by atoms with Gasteiger partial charge < -0.3 is 14.8 Å². The molecule has 0 atom stereocenters. The molecule has 3 aromatic rings. The molecule has 150 valence electrons. The molecule has 0 fully saturated rings. The smallest absolute Gasteiger partial charge is 0.223 e. The molecule has 0 radical (unpaired) electrons. The Bertz CT molecular complexity index is 904. The summed E-state index contributed by atoms with van der Waals surface area (Å²) < 4.78 is 11.5. The Labute approximate surface area is 171 Å². The first-order valence-electron chi connectivity index (χ1n) is 9.68. The van der Waals surface area contributed by atoms with E-state index in [9.17, 15) is 4.79 Å². The molecule has 0 saturated carbocycles. The predicted octanol–water partition coefficient (Wildman–Crippen LogP) is 4.36. The minimum absolute atomic E-state index is 0.0341. The minimum atomic E-state index is -0.0341. The van der Waals surface area contributed by atoms with Gasteiger partial charge in [-0.1, -0.05) is 36.4 Å². The summed E-state index contributed by atoms with van der Waals surface area (Å²) in [6.07, 6.45) is 3.84. The van der Waals surface area contributed by atoms with Crippen LogP contribution in [0.3, 0.4) is 0 Å². The molecule has 1 N–H and O–H groups in total. The van der Waals surface area contributed by atoms with E-state index >= 15 is 0 Å². The van der Waals surface area contributed by atoms with Crippen molar-refractivity contribution in [3.63, 3.8) is 0 Å². The summed E-state index contributed by atoms with van der Waals surface area (Å²) in [6.45, 7) is 5.33. The molecule has 0 aliphatic rings. The first-order chi connectivity index (χ1) is 14.1. The number of rotatable bonds is 9. The molecule has 1 aromatic heterocycles. The quantitative estimate of drug-likeness (QED) is 0.590. The molecule has 29 heavy (non-hydrogen) atoms. The van der Waals surface area contributed by atoms with E-state index in [0.29, 0.717) is 26.2 Å². The maximum absolute atomic E-state index is 12.1. The average molecular weight is 390 g/mol. The van der Waals surface area contributed by atoms with Gasteiger partial charge in [0.25, 0.3) is 0 Å². The lowest BCUT2D eigenvalue weighted by Crippen LogP contribution is -2.24. The molecule has 0 aliphatic carbocycles. The predicted molar refractivity (Wildman–Crippen MR) is 113 cm³/mol. The third-order valence-electron chi connectivity index (χ3n) is 4.53. The zero-order valence-electron chi connectivity index (χ0n) is 16.9. The average Bonchev–Trinajstić information content (AvgIpc) is 2.74. The first kappa shape index (κ1) is 20.4. The van der Waals surface area contributed by atoms with Crippen LogP contribution >= 0.6 is 0 Å². The van der Waals surface area contributed by atoms with E-state index in [4.69, 9.17) is 9.47 Å². The number of carbonyl (C=O) groups is 1. The van der Waals surface area contributed by atoms with E-state index in [2.05, 4.69) is 10.3 Å². The van der Waals surface area contributed by atoms with Crippen LogP contribution in [0.2, 0.25) is 0 Å². The number of ether oxygens (including phenoxy) is 2. The first-order valence-corrected chi connectivity index (χ1v) is 9.68. The number of aromatic nitrogens is 1. The molecule has 3 rings (SSSR count). The van der Waals surface area contributed by atoms with E-state index in [0.717, 1.165) is 33.8 Å². The maximum Gasteiger partial charge on any atom is 0.223 e. The van der Waals surface area contributed by atoms with Crippen LogP contribution in [-0.4, -0.2) is 17.5 Å². The van der Waals surface area contributed by atoms with Crippen LogP contribution in [0.4, 0.5) is 0 Å². The summed E-state index contributed by atoms with van der Waals surface area (Å²) in [4.78, 5) is 16.2. The number of hydrogen-bond donors (Lipinski definition) is 1. The van der Waals surface area contributed by atoms with Crippen LogP contribution in [0.15, 0.2) is 67.0 Å². The van der Waals surface area contributed by atoms with Crippen molar-refractivity contribution in [1.29, 1.82) is 0 Å². The molecule has 0 bridgehead atoms. The Balaban J connectivity index is 1.38. The Hall–Kier alpha value is -3.34. The largest absolute Gasteiger partial charge is 0.493 e. The summed E-state index contributed by atoms with van der Waals surface area (Å²) in [5.74, 6) is 1.61. The molecule has 1 heterocycles. The Kier molecular flexibility index (Phi) is 7.22. The maximum atomic E-state index is 12.1. The fraction of sp³-hybridized carbons (Fsp3) is 0.250. The number of carbonyl (C=O) groups excluding carboxylic acids is 1. The molecule has 2 aromatic carbocycles. The molecule has 5 nitrogen and oxygen atoms in total. The summed E-state index contributed by atoms with van der Waals surface area (Å²) in [6, 6.07) is 17.6. The monoisotopic (exact) mass is 390 g/mol. The summed E-state index contributed by atoms with van der Waals surface area (Å²) in [7, 11) is 0. The standard InChI is InChI=1S/C24H26N2O3/c1-18-5-3-6-19(2)24(18)28-14-12-23(27)26-16-20-8-10-22(11-9-20)29-17-21-7-4-13-25-15-21/h3-11,13,15H,12,14,16-17H2,1-2H3,(H,26,27). The molecule has 0 spiro atoms. The highest BCUT2D eigenvalue weighted by molar-refractivity contribution is 5.76. The molecule has 0 unspecified atom stereocenters. The van der Waals surface area contributed by atoms with E-state index in [1.54, 1.807) is 12.4 Å². The molecular formula is C24H26N2O3. The van der Waals surface area contributed by atoms with Crippen molar-refractivity contribution in [1.82, 2.24) is 10.3 Å². The topological polar surface area (TPSA) is 60.5 Å². The van der Waals surface area contributed by atoms with Gasteiger partial charge >= 0.3 is 0 Å². The fourth-order valence-electron chi connectivity index (χ4n) is 2.92. The number of benzene rings is 2. The van der Waals surface area contributed by atoms with Crippen molar-refractivity contribution < 1.29 is 14.3 Å². The van der Waals surface area contributed by atoms with Gasteiger partial charge in [-0.05, 0) is 48.7 Å². The van der Waals surface area contributed by atoms with Gasteiger partial charge in [-0.15, -0.1) is 0 Å². The minimum Gasteiger partial charge on any atom is -0.493 e. The molecule has 0 saturated heterocycles. The van der Waals surface area contributed by atoms with E-state index < -0.39 is 0 Å². The van der Waals surface area contributed by atoms with Gasteiger partial charge in [0.15, 0.2) is 0 Å². The lowest BCUT2D eigenvalue weighted by Gasteiger charge is -2.12. The van der Waals surface area contributed by atoms with Crippen molar-refractivity contribution in [3.05, 3.63) is 89.2 Å². The van der Waals surface area contributed by atoms with Crippen molar-refractivity contribution in [2.75, 3.05) is 6.61 Å². The highest BCUT2D eigenvalue weighted by Gasteiger charge is 2.06. The van der Waals surface area contributed by atoms with Crippen molar-refractivity contribution in [3.8, 4) is 11.5 Å². The van der Waals surface area contributed by atoms with E-state index in [1.165, 1.54) is 0 Å². The van der Waals surface area contributed by atoms with Crippen molar-refractivity contribution in [2.45, 2.75) is 33.4 Å². The second kappa shape index (κ2) is 10.3. The van der Waals surface area contributed by atoms with Gasteiger partial charge in [0, 0.05) is 24.5 Å². The van der Waals surface area contributed by atoms with Gasteiger partial charge in [0.2, 0.25) is 5.91 Å². The number of para-hydroxylation sites is 1. The Morgan fingerprint density at radius 1 is 0.931 bits per heavy atom. The zero-order chi connectivity index (χ0) is 20.5. The summed E-state index contributed by atoms with van der Waals surface area (Å²) in [5, 5.41) is 2.92. The number of aryl methyl sites for hydroxylation is 2. The van der Waals surface area contributed by atoms with Gasteiger partial charge in [0.05, 0.1) is 13.0 Å². The molecule has 0 aliphatic heterocycles. The van der Waals surface area contributed by atoms with Gasteiger partial charge in [0.1, 0.15) is 18.1 Å². The highest BCUT2D eigenvalue weighted by atomic mass is 16.5. The zero-order valence-corrected chi connectivity index (χ0v) is 16.9. The van der Waals surface area contributed by atoms with Gasteiger partial charge in [-0.2, -0.15) is 0 Å². The van der Waals surface area contributed by atoms with Crippen molar-refractivity contribution in [2.24, 2.45) is 0 Å². The SMILES string of the molecule is Cc1cccc(C)c1OCCC(=O)NCc1ccc(OCc2cccnc2)cc1. The number of amides is 1. The van der Waals surface area contributed by atoms with Gasteiger partial charge in [-0.3, -0.25) is 9.78 Å². The van der Waals surface area contributed by atoms with Crippen molar-refractivity contribution >= 4 is 5.91 Å². The molecule has 1 amide bonds. The molecule has 5 heteroatoms. The lowest BCUT2D eigenvalue weighted by atomic mass is 10.1. The second-order valence-corrected chi connectivity index (χ2v) is 6.89. The number of pyridine rings is 1. The summed E-state index contributed by atoms with van der Waals surface area (Å²) in [5.41, 5.74) is 4.20. The van der Waals surface area contributed by atoms with Crippen LogP contribution in [0, 0.1) is 13.8 Å².